The number of amides is 2. The molecular formula is C15H13F3N4O. The van der Waals surface area contributed by atoms with Gasteiger partial charge in [-0.15, -0.1) is 0 Å². The van der Waals surface area contributed by atoms with Crippen LogP contribution in [0, 0.1) is 5.41 Å². The first kappa shape index (κ1) is 16.3. The van der Waals surface area contributed by atoms with E-state index in [1.54, 1.807) is 12.1 Å². The third-order valence-corrected chi connectivity index (χ3v) is 2.97. The topological polar surface area (TPSA) is 91.0 Å². The second-order valence-electron chi connectivity index (χ2n) is 4.64. The number of urea groups is 1. The van der Waals surface area contributed by atoms with Gasteiger partial charge in [-0.05, 0) is 42.5 Å². The monoisotopic (exact) mass is 322 g/mol. The maximum absolute atomic E-state index is 12.4. The lowest BCUT2D eigenvalue weighted by molar-refractivity contribution is -0.137. The summed E-state index contributed by atoms with van der Waals surface area (Å²) in [5.41, 5.74) is 6.36. The molecule has 0 aliphatic heterocycles. The zero-order valence-corrected chi connectivity index (χ0v) is 11.7. The third-order valence-electron chi connectivity index (χ3n) is 2.97. The molecule has 0 heterocycles. The van der Waals surface area contributed by atoms with E-state index in [2.05, 4.69) is 10.6 Å². The molecule has 120 valence electrons. The zero-order valence-electron chi connectivity index (χ0n) is 11.7. The molecular weight excluding hydrogens is 309 g/mol. The van der Waals surface area contributed by atoms with Gasteiger partial charge in [-0.3, -0.25) is 0 Å². The van der Waals surface area contributed by atoms with Gasteiger partial charge >= 0.3 is 12.2 Å². The Bertz CT molecular complexity index is 726. The van der Waals surface area contributed by atoms with E-state index < -0.39 is 17.8 Å². The number of carbonyl (C=O) groups excluding carboxylic acids is 1. The van der Waals surface area contributed by atoms with Gasteiger partial charge in [0.05, 0.1) is 5.56 Å². The number of nitrogen functional groups attached to an aromatic ring is 1. The molecule has 0 bridgehead atoms. The lowest BCUT2D eigenvalue weighted by atomic mass is 10.2. The van der Waals surface area contributed by atoms with Crippen LogP contribution >= 0.6 is 0 Å². The summed E-state index contributed by atoms with van der Waals surface area (Å²) in [6.07, 6.45) is -3.34. The maximum Gasteiger partial charge on any atom is 0.416 e. The molecule has 0 atom stereocenters. The quantitative estimate of drug-likeness (QED) is 0.509. The van der Waals surface area contributed by atoms with Gasteiger partial charge in [0.1, 0.15) is 0 Å². The minimum atomic E-state index is -4.42. The Kier molecular flexibility index (Phi) is 4.54. The highest BCUT2D eigenvalue weighted by Crippen LogP contribution is 2.29. The Labute approximate surface area is 129 Å². The molecule has 0 fully saturated rings. The van der Waals surface area contributed by atoms with Crippen LogP contribution in [0.5, 0.6) is 0 Å². The van der Waals surface area contributed by atoms with Gasteiger partial charge in [-0.2, -0.15) is 13.2 Å². The fourth-order valence-corrected chi connectivity index (χ4v) is 1.82. The summed E-state index contributed by atoms with van der Waals surface area (Å²) in [6, 6.07) is 8.07. The molecule has 0 saturated heterocycles. The Balaban J connectivity index is 2.02. The highest BCUT2D eigenvalue weighted by molar-refractivity contribution is 6.00. The Morgan fingerprint density at radius 3 is 2.13 bits per heavy atom. The first-order chi connectivity index (χ1) is 10.8. The number of halogens is 3. The molecule has 2 aromatic carbocycles. The minimum absolute atomic E-state index is 0.222. The van der Waals surface area contributed by atoms with Crippen LogP contribution in [-0.4, -0.2) is 12.2 Å². The second-order valence-corrected chi connectivity index (χ2v) is 4.64. The molecule has 23 heavy (non-hydrogen) atoms. The lowest BCUT2D eigenvalue weighted by Gasteiger charge is -2.10. The predicted molar refractivity (Wildman–Crippen MR) is 82.8 cm³/mol. The molecule has 2 amide bonds. The van der Waals surface area contributed by atoms with Crippen LogP contribution in [0.15, 0.2) is 42.5 Å². The van der Waals surface area contributed by atoms with E-state index in [0.29, 0.717) is 16.9 Å². The standard InChI is InChI=1S/C15H13F3N4O/c16-15(17,18)10-2-5-11(6-3-10)21-14(23)22-12-4-1-9(8-19)13(20)7-12/h1-8,19H,20H2,(H2,21,22,23). The van der Waals surface area contributed by atoms with Gasteiger partial charge < -0.3 is 21.8 Å². The maximum atomic E-state index is 12.4. The van der Waals surface area contributed by atoms with Crippen LogP contribution in [0.1, 0.15) is 11.1 Å². The van der Waals surface area contributed by atoms with Crippen LogP contribution in [0.25, 0.3) is 0 Å². The lowest BCUT2D eigenvalue weighted by Crippen LogP contribution is -2.19. The molecule has 0 radical (unpaired) electrons. The molecule has 2 rings (SSSR count). The van der Waals surface area contributed by atoms with Gasteiger partial charge in [-0.25, -0.2) is 4.79 Å². The van der Waals surface area contributed by atoms with Crippen molar-refractivity contribution in [1.82, 2.24) is 0 Å². The number of nitrogens with two attached hydrogens (primary N) is 1. The fourth-order valence-electron chi connectivity index (χ4n) is 1.82. The van der Waals surface area contributed by atoms with Gasteiger partial charge in [0.25, 0.3) is 0 Å². The van der Waals surface area contributed by atoms with Crippen LogP contribution in [0.3, 0.4) is 0 Å². The van der Waals surface area contributed by atoms with E-state index in [0.717, 1.165) is 30.5 Å². The number of anilines is 3. The third kappa shape index (κ3) is 4.22. The number of benzene rings is 2. The molecule has 5 N–H and O–H groups in total. The normalized spacial score (nSPS) is 10.9. The van der Waals surface area contributed by atoms with Crippen molar-refractivity contribution >= 4 is 29.3 Å². The largest absolute Gasteiger partial charge is 0.416 e. The van der Waals surface area contributed by atoms with E-state index in [-0.39, 0.29) is 5.69 Å². The molecule has 2 aromatic rings. The summed E-state index contributed by atoms with van der Waals surface area (Å²) >= 11 is 0. The molecule has 0 spiro atoms. The van der Waals surface area contributed by atoms with Crippen molar-refractivity contribution in [3.8, 4) is 0 Å². The molecule has 0 aromatic heterocycles. The van der Waals surface area contributed by atoms with Crippen LogP contribution in [0.2, 0.25) is 0 Å². The number of alkyl halides is 3. The minimum Gasteiger partial charge on any atom is -0.398 e. The van der Waals surface area contributed by atoms with E-state index in [9.17, 15) is 18.0 Å². The summed E-state index contributed by atoms with van der Waals surface area (Å²) in [5.74, 6) is 0. The predicted octanol–water partition coefficient (Wildman–Crippen LogP) is 3.93. The smallest absolute Gasteiger partial charge is 0.398 e. The van der Waals surface area contributed by atoms with Crippen LogP contribution < -0.4 is 16.4 Å². The van der Waals surface area contributed by atoms with Gasteiger partial charge in [0.15, 0.2) is 0 Å². The Morgan fingerprint density at radius 2 is 1.61 bits per heavy atom. The number of nitrogens with one attached hydrogen (secondary N) is 3. The first-order valence-corrected chi connectivity index (χ1v) is 6.45. The summed E-state index contributed by atoms with van der Waals surface area (Å²) in [6.45, 7) is 0. The van der Waals surface area contributed by atoms with Crippen molar-refractivity contribution in [2.45, 2.75) is 6.18 Å². The molecule has 0 saturated carbocycles. The molecule has 0 aliphatic rings. The van der Waals surface area contributed by atoms with Gasteiger partial charge in [0, 0.05) is 28.8 Å². The van der Waals surface area contributed by atoms with Crippen molar-refractivity contribution < 1.29 is 18.0 Å². The summed E-state index contributed by atoms with van der Waals surface area (Å²) in [4.78, 5) is 11.8. The van der Waals surface area contributed by atoms with Crippen molar-refractivity contribution in [3.63, 3.8) is 0 Å². The first-order valence-electron chi connectivity index (χ1n) is 6.45. The zero-order chi connectivity index (χ0) is 17.0. The fraction of sp³-hybridized carbons (Fsp3) is 0.0667. The van der Waals surface area contributed by atoms with E-state index in [1.165, 1.54) is 6.07 Å². The number of carbonyl (C=O) groups is 1. The van der Waals surface area contributed by atoms with E-state index >= 15 is 0 Å². The highest BCUT2D eigenvalue weighted by atomic mass is 19.4. The summed E-state index contributed by atoms with van der Waals surface area (Å²) < 4.78 is 37.3. The Morgan fingerprint density at radius 1 is 1.04 bits per heavy atom. The Hall–Kier alpha value is -3.03. The number of rotatable bonds is 3. The molecule has 0 aliphatic carbocycles. The van der Waals surface area contributed by atoms with Gasteiger partial charge in [-0.1, -0.05) is 0 Å². The average molecular weight is 322 g/mol. The van der Waals surface area contributed by atoms with Crippen molar-refractivity contribution in [3.05, 3.63) is 53.6 Å². The highest BCUT2D eigenvalue weighted by Gasteiger charge is 2.29. The molecule has 8 heteroatoms. The van der Waals surface area contributed by atoms with E-state index in [4.69, 9.17) is 11.1 Å². The summed E-state index contributed by atoms with van der Waals surface area (Å²) in [5, 5.41) is 12.0. The molecule has 5 nitrogen and oxygen atoms in total. The van der Waals surface area contributed by atoms with E-state index in [1.807, 2.05) is 0 Å². The van der Waals surface area contributed by atoms with Crippen LogP contribution in [0.4, 0.5) is 35.0 Å². The SMILES string of the molecule is N=Cc1ccc(NC(=O)Nc2ccc(C(F)(F)F)cc2)cc1N. The average Bonchev–Trinajstić information content (AvgIpc) is 2.47. The molecule has 0 unspecified atom stereocenters. The van der Waals surface area contributed by atoms with Crippen molar-refractivity contribution in [2.75, 3.05) is 16.4 Å². The van der Waals surface area contributed by atoms with Crippen LogP contribution in [-0.2, 0) is 6.18 Å². The number of hydrogen-bond donors (Lipinski definition) is 4. The summed E-state index contributed by atoms with van der Waals surface area (Å²) in [7, 11) is 0. The van der Waals surface area contributed by atoms with Gasteiger partial charge in [0.2, 0.25) is 0 Å². The van der Waals surface area contributed by atoms with Crippen molar-refractivity contribution in [2.24, 2.45) is 0 Å². The number of hydrogen-bond acceptors (Lipinski definition) is 3. The second kappa shape index (κ2) is 6.39. The van der Waals surface area contributed by atoms with Crippen molar-refractivity contribution in [1.29, 1.82) is 5.41 Å².